The second-order valence-electron chi connectivity index (χ2n) is 5.48. The summed E-state index contributed by atoms with van der Waals surface area (Å²) in [5.74, 6) is -3.00. The van der Waals surface area contributed by atoms with Gasteiger partial charge in [-0.3, -0.25) is 20.4 Å². The molecule has 3 aromatic rings. The highest BCUT2D eigenvalue weighted by molar-refractivity contribution is 6.06. The number of hydrogen-bond donors (Lipinski definition) is 4. The number of fused-ring (bicyclic) bond motifs is 1. The summed E-state index contributed by atoms with van der Waals surface area (Å²) in [5, 5.41) is 20.6. The average Bonchev–Trinajstić information content (AvgIpc) is 2.65. The number of amides is 2. The number of aromatic hydroxyl groups is 1. The Hall–Kier alpha value is -3.87. The van der Waals surface area contributed by atoms with Gasteiger partial charge in [0.05, 0.1) is 16.7 Å². The van der Waals surface area contributed by atoms with E-state index in [1.54, 1.807) is 18.2 Å². The lowest BCUT2D eigenvalue weighted by atomic mass is 10.1. The first-order valence-electron chi connectivity index (χ1n) is 7.62. The van der Waals surface area contributed by atoms with Gasteiger partial charge < -0.3 is 10.2 Å². The van der Waals surface area contributed by atoms with Gasteiger partial charge in [0.1, 0.15) is 5.75 Å². The number of carboxylic acid groups (broad SMARTS) is 1. The number of hydrazine groups is 1. The van der Waals surface area contributed by atoms with E-state index in [1.807, 2.05) is 6.07 Å². The average molecular weight is 350 g/mol. The second kappa shape index (κ2) is 6.94. The zero-order valence-corrected chi connectivity index (χ0v) is 13.4. The Balaban J connectivity index is 1.78. The van der Waals surface area contributed by atoms with E-state index in [4.69, 9.17) is 5.11 Å². The highest BCUT2D eigenvalue weighted by Crippen LogP contribution is 2.24. The van der Waals surface area contributed by atoms with E-state index in [0.717, 1.165) is 10.8 Å². The van der Waals surface area contributed by atoms with Crippen molar-refractivity contribution in [3.8, 4) is 5.75 Å². The molecule has 0 aliphatic rings. The molecule has 0 aliphatic heterocycles. The lowest BCUT2D eigenvalue weighted by Gasteiger charge is -2.11. The van der Waals surface area contributed by atoms with Gasteiger partial charge in [0.15, 0.2) is 0 Å². The van der Waals surface area contributed by atoms with Crippen LogP contribution in [0.1, 0.15) is 31.1 Å². The molecule has 0 bridgehead atoms. The van der Waals surface area contributed by atoms with Crippen LogP contribution in [0.5, 0.6) is 5.75 Å². The van der Waals surface area contributed by atoms with Gasteiger partial charge >= 0.3 is 5.97 Å². The monoisotopic (exact) mass is 350 g/mol. The SMILES string of the molecule is O=C(NNC(=O)c1ccccc1C(=O)O)c1cc2ccccc2cc1O. The molecule has 0 saturated heterocycles. The molecular formula is C19H14N2O5. The van der Waals surface area contributed by atoms with Crippen LogP contribution in [0.4, 0.5) is 0 Å². The number of benzene rings is 3. The fraction of sp³-hybridized carbons (Fsp3) is 0. The highest BCUT2D eigenvalue weighted by Gasteiger charge is 2.17. The number of carbonyl (C=O) groups is 3. The number of carboxylic acids is 1. The van der Waals surface area contributed by atoms with Crippen molar-refractivity contribution in [2.75, 3.05) is 0 Å². The third-order valence-electron chi connectivity index (χ3n) is 3.80. The minimum absolute atomic E-state index is 0.0180. The third kappa shape index (κ3) is 3.32. The van der Waals surface area contributed by atoms with Gasteiger partial charge in [0.2, 0.25) is 0 Å². The topological polar surface area (TPSA) is 116 Å². The Morgan fingerprint density at radius 3 is 1.81 bits per heavy atom. The molecule has 0 unspecified atom stereocenters. The van der Waals surface area contributed by atoms with E-state index >= 15 is 0 Å². The lowest BCUT2D eigenvalue weighted by Crippen LogP contribution is -2.42. The van der Waals surface area contributed by atoms with Crippen LogP contribution in [0.2, 0.25) is 0 Å². The molecule has 0 atom stereocenters. The maximum Gasteiger partial charge on any atom is 0.336 e. The summed E-state index contributed by atoms with van der Waals surface area (Å²) in [6.07, 6.45) is 0. The summed E-state index contributed by atoms with van der Waals surface area (Å²) >= 11 is 0. The summed E-state index contributed by atoms with van der Waals surface area (Å²) < 4.78 is 0. The van der Waals surface area contributed by atoms with Gasteiger partial charge in [-0.05, 0) is 35.0 Å². The molecule has 0 aliphatic carbocycles. The molecule has 0 heterocycles. The first kappa shape index (κ1) is 17.0. The molecule has 7 nitrogen and oxygen atoms in total. The minimum Gasteiger partial charge on any atom is -0.507 e. The van der Waals surface area contributed by atoms with Crippen molar-refractivity contribution >= 4 is 28.6 Å². The van der Waals surface area contributed by atoms with Crippen LogP contribution in [-0.2, 0) is 0 Å². The molecule has 0 radical (unpaired) electrons. The number of hydrogen-bond acceptors (Lipinski definition) is 4. The molecule has 2 amide bonds. The van der Waals surface area contributed by atoms with Gasteiger partial charge in [-0.2, -0.15) is 0 Å². The van der Waals surface area contributed by atoms with E-state index in [9.17, 15) is 19.5 Å². The summed E-state index contributed by atoms with van der Waals surface area (Å²) in [6, 6.07) is 15.8. The third-order valence-corrected chi connectivity index (χ3v) is 3.80. The van der Waals surface area contributed by atoms with Crippen LogP contribution in [0.25, 0.3) is 10.8 Å². The van der Waals surface area contributed by atoms with Crippen LogP contribution < -0.4 is 10.9 Å². The molecule has 3 rings (SSSR count). The van der Waals surface area contributed by atoms with Crippen LogP contribution >= 0.6 is 0 Å². The number of rotatable bonds is 3. The summed E-state index contributed by atoms with van der Waals surface area (Å²) in [7, 11) is 0. The van der Waals surface area contributed by atoms with E-state index in [1.165, 1.54) is 36.4 Å². The molecule has 7 heteroatoms. The molecule has 0 fully saturated rings. The Kier molecular flexibility index (Phi) is 4.53. The first-order valence-corrected chi connectivity index (χ1v) is 7.62. The molecule has 4 N–H and O–H groups in total. The second-order valence-corrected chi connectivity index (χ2v) is 5.48. The van der Waals surface area contributed by atoms with Crippen molar-refractivity contribution in [2.24, 2.45) is 0 Å². The summed E-state index contributed by atoms with van der Waals surface area (Å²) in [5.41, 5.74) is 4.03. The number of aromatic carboxylic acids is 1. The zero-order valence-electron chi connectivity index (χ0n) is 13.4. The fourth-order valence-corrected chi connectivity index (χ4v) is 2.53. The van der Waals surface area contributed by atoms with Gasteiger partial charge in [-0.1, -0.05) is 36.4 Å². The van der Waals surface area contributed by atoms with Gasteiger partial charge in [0.25, 0.3) is 11.8 Å². The predicted molar refractivity (Wildman–Crippen MR) is 93.9 cm³/mol. The number of nitrogens with one attached hydrogen (secondary N) is 2. The van der Waals surface area contributed by atoms with Crippen molar-refractivity contribution in [3.63, 3.8) is 0 Å². The largest absolute Gasteiger partial charge is 0.507 e. The molecule has 3 aromatic carbocycles. The molecule has 0 spiro atoms. The van der Waals surface area contributed by atoms with E-state index in [-0.39, 0.29) is 22.4 Å². The fourth-order valence-electron chi connectivity index (χ4n) is 2.53. The number of phenolic OH excluding ortho intramolecular Hbond substituents is 1. The Morgan fingerprint density at radius 2 is 1.19 bits per heavy atom. The molecular weight excluding hydrogens is 336 g/mol. The van der Waals surface area contributed by atoms with Crippen LogP contribution in [-0.4, -0.2) is 28.0 Å². The highest BCUT2D eigenvalue weighted by atomic mass is 16.4. The van der Waals surface area contributed by atoms with E-state index < -0.39 is 17.8 Å². The molecule has 0 saturated carbocycles. The molecule has 0 aromatic heterocycles. The number of phenols is 1. The summed E-state index contributed by atoms with van der Waals surface area (Å²) in [6.45, 7) is 0. The van der Waals surface area contributed by atoms with Crippen molar-refractivity contribution in [3.05, 3.63) is 77.4 Å². The lowest BCUT2D eigenvalue weighted by molar-refractivity contribution is 0.0690. The van der Waals surface area contributed by atoms with Gasteiger partial charge in [-0.15, -0.1) is 0 Å². The van der Waals surface area contributed by atoms with Crippen molar-refractivity contribution < 1.29 is 24.6 Å². The van der Waals surface area contributed by atoms with Gasteiger partial charge in [0, 0.05) is 0 Å². The zero-order chi connectivity index (χ0) is 18.7. The minimum atomic E-state index is -1.26. The van der Waals surface area contributed by atoms with Crippen LogP contribution in [0, 0.1) is 0 Å². The van der Waals surface area contributed by atoms with Crippen molar-refractivity contribution in [1.29, 1.82) is 0 Å². The Labute approximate surface area is 147 Å². The normalized spacial score (nSPS) is 10.3. The number of carbonyl (C=O) groups excluding carboxylic acids is 2. The smallest absolute Gasteiger partial charge is 0.336 e. The predicted octanol–water partition coefficient (Wildman–Crippen LogP) is 2.32. The Bertz CT molecular complexity index is 1030. The van der Waals surface area contributed by atoms with E-state index in [0.29, 0.717) is 0 Å². The quantitative estimate of drug-likeness (QED) is 0.541. The Morgan fingerprint density at radius 1 is 0.692 bits per heavy atom. The van der Waals surface area contributed by atoms with Crippen LogP contribution in [0.15, 0.2) is 60.7 Å². The molecule has 130 valence electrons. The van der Waals surface area contributed by atoms with Crippen molar-refractivity contribution in [1.82, 2.24) is 10.9 Å². The summed E-state index contributed by atoms with van der Waals surface area (Å²) in [4.78, 5) is 35.6. The van der Waals surface area contributed by atoms with Crippen molar-refractivity contribution in [2.45, 2.75) is 0 Å². The van der Waals surface area contributed by atoms with E-state index in [2.05, 4.69) is 10.9 Å². The maximum atomic E-state index is 12.3. The van der Waals surface area contributed by atoms with Crippen LogP contribution in [0.3, 0.4) is 0 Å². The molecule has 26 heavy (non-hydrogen) atoms. The maximum absolute atomic E-state index is 12.3. The van der Waals surface area contributed by atoms with Gasteiger partial charge in [-0.25, -0.2) is 4.79 Å². The standard InChI is InChI=1S/C19H14N2O5/c22-16-10-12-6-2-1-5-11(12)9-15(16)18(24)21-20-17(23)13-7-3-4-8-14(13)19(25)26/h1-10,22H,(H,20,23)(H,21,24)(H,25,26). The first-order chi connectivity index (χ1) is 12.5.